The molecule has 1 aromatic rings. The highest BCUT2D eigenvalue weighted by molar-refractivity contribution is 5.89. The molecule has 0 amide bonds. The third-order valence-corrected chi connectivity index (χ3v) is 2.58. The first-order valence-corrected chi connectivity index (χ1v) is 5.39. The van der Waals surface area contributed by atoms with E-state index in [1.165, 1.54) is 0 Å². The number of rotatable bonds is 4. The quantitative estimate of drug-likeness (QED) is 0.686. The van der Waals surface area contributed by atoms with E-state index in [1.54, 1.807) is 0 Å². The molecule has 0 saturated heterocycles. The number of hydrogen-bond acceptors (Lipinski definition) is 3. The summed E-state index contributed by atoms with van der Waals surface area (Å²) in [6.45, 7) is 0. The highest BCUT2D eigenvalue weighted by atomic mass is 19.4. The van der Waals surface area contributed by atoms with Crippen molar-refractivity contribution in [2.45, 2.75) is 24.6 Å². The number of ether oxygens (including phenoxy) is 1. The lowest BCUT2D eigenvalue weighted by Gasteiger charge is -2.22. The molecule has 0 heterocycles. The molecule has 3 nitrogen and oxygen atoms in total. The lowest BCUT2D eigenvalue weighted by molar-refractivity contribution is -0.290. The van der Waals surface area contributed by atoms with Crippen LogP contribution in [0.2, 0.25) is 0 Å². The highest BCUT2D eigenvalue weighted by Crippen LogP contribution is 2.41. The second-order valence-electron chi connectivity index (χ2n) is 4.04. The van der Waals surface area contributed by atoms with Gasteiger partial charge in [-0.1, -0.05) is 12.1 Å². The average Bonchev–Trinajstić information content (AvgIpc) is 2.36. The highest BCUT2D eigenvalue weighted by Gasteiger charge is 2.58. The summed E-state index contributed by atoms with van der Waals surface area (Å²) in [7, 11) is 1.13. The van der Waals surface area contributed by atoms with Crippen molar-refractivity contribution in [3.8, 4) is 0 Å². The predicted octanol–water partition coefficient (Wildman–Crippen LogP) is 3.09. The third kappa shape index (κ3) is 3.66. The number of hydrogen-bond donors (Lipinski definition) is 1. The summed E-state index contributed by atoms with van der Waals surface area (Å²) in [5.74, 6) is -5.68. The molecule has 112 valence electrons. The van der Waals surface area contributed by atoms with Crippen LogP contribution in [-0.4, -0.2) is 30.3 Å². The van der Waals surface area contributed by atoms with Gasteiger partial charge in [-0.25, -0.2) is 4.79 Å². The Morgan fingerprint density at radius 2 is 1.70 bits per heavy atom. The Bertz CT molecular complexity index is 467. The van der Waals surface area contributed by atoms with Crippen molar-refractivity contribution < 1.29 is 36.6 Å². The van der Waals surface area contributed by atoms with Gasteiger partial charge in [0.05, 0.1) is 25.2 Å². The van der Waals surface area contributed by atoms with E-state index >= 15 is 0 Å². The van der Waals surface area contributed by atoms with Crippen LogP contribution in [0.1, 0.15) is 28.4 Å². The maximum Gasteiger partial charge on any atom is 0.453 e. The van der Waals surface area contributed by atoms with Crippen LogP contribution in [0.3, 0.4) is 0 Å². The molecule has 0 aliphatic rings. The Morgan fingerprint density at radius 1 is 1.20 bits per heavy atom. The minimum atomic E-state index is -5.72. The molecule has 0 aliphatic heterocycles. The van der Waals surface area contributed by atoms with Gasteiger partial charge in [-0.2, -0.15) is 22.0 Å². The Kier molecular flexibility index (Phi) is 4.69. The second-order valence-corrected chi connectivity index (χ2v) is 4.04. The maximum absolute atomic E-state index is 12.8. The summed E-state index contributed by atoms with van der Waals surface area (Å²) in [6.07, 6.45) is -9.51. The molecule has 1 atom stereocenters. The van der Waals surface area contributed by atoms with Gasteiger partial charge in [-0.3, -0.25) is 0 Å². The second kappa shape index (κ2) is 5.74. The van der Waals surface area contributed by atoms with Crippen LogP contribution in [0, 0.1) is 0 Å². The van der Waals surface area contributed by atoms with Gasteiger partial charge in [0.2, 0.25) is 0 Å². The van der Waals surface area contributed by atoms with Crippen LogP contribution in [-0.2, 0) is 4.74 Å². The summed E-state index contributed by atoms with van der Waals surface area (Å²) in [5.41, 5.74) is -0.0624. The largest absolute Gasteiger partial charge is 0.465 e. The lowest BCUT2D eigenvalue weighted by atomic mass is 10.0. The fourth-order valence-electron chi connectivity index (χ4n) is 1.44. The zero-order valence-electron chi connectivity index (χ0n) is 10.2. The standard InChI is InChI=1S/C12H11F5O3/c1-20-10(19)8-4-2-7(3-5-8)9(18)6-11(13,14)12(15,16)17/h2-5,9,18H,6H2,1H3. The van der Waals surface area contributed by atoms with Crippen molar-refractivity contribution >= 4 is 5.97 Å². The molecule has 8 heteroatoms. The molecule has 0 spiro atoms. The number of aliphatic hydroxyl groups excluding tert-OH is 1. The van der Waals surface area contributed by atoms with E-state index in [-0.39, 0.29) is 11.1 Å². The van der Waals surface area contributed by atoms with E-state index in [4.69, 9.17) is 0 Å². The summed E-state index contributed by atoms with van der Waals surface area (Å²) in [5, 5.41) is 9.41. The van der Waals surface area contributed by atoms with E-state index in [1.807, 2.05) is 0 Å². The SMILES string of the molecule is COC(=O)c1ccc(C(O)CC(F)(F)C(F)(F)F)cc1. The van der Waals surface area contributed by atoms with Crippen LogP contribution in [0.4, 0.5) is 22.0 Å². The third-order valence-electron chi connectivity index (χ3n) is 2.58. The number of alkyl halides is 5. The van der Waals surface area contributed by atoms with Crippen LogP contribution < -0.4 is 0 Å². The van der Waals surface area contributed by atoms with Gasteiger partial charge in [0, 0.05) is 0 Å². The van der Waals surface area contributed by atoms with E-state index in [2.05, 4.69) is 4.74 Å². The van der Waals surface area contributed by atoms with E-state index in [9.17, 15) is 31.9 Å². The molecule has 0 fully saturated rings. The molecule has 0 saturated carbocycles. The molecular weight excluding hydrogens is 287 g/mol. The van der Waals surface area contributed by atoms with Crippen molar-refractivity contribution in [3.05, 3.63) is 35.4 Å². The van der Waals surface area contributed by atoms with Crippen molar-refractivity contribution in [3.63, 3.8) is 0 Å². The zero-order chi connectivity index (χ0) is 15.6. The van der Waals surface area contributed by atoms with Crippen molar-refractivity contribution in [2.24, 2.45) is 0 Å². The predicted molar refractivity (Wildman–Crippen MR) is 58.4 cm³/mol. The number of carbonyl (C=O) groups excluding carboxylic acids is 1. The normalized spacial score (nSPS) is 13.9. The average molecular weight is 298 g/mol. The van der Waals surface area contributed by atoms with Crippen molar-refractivity contribution in [1.29, 1.82) is 0 Å². The van der Waals surface area contributed by atoms with Gasteiger partial charge in [-0.05, 0) is 17.7 Å². The van der Waals surface area contributed by atoms with Crippen LogP contribution in [0.25, 0.3) is 0 Å². The smallest absolute Gasteiger partial charge is 0.453 e. The van der Waals surface area contributed by atoms with Crippen molar-refractivity contribution in [2.75, 3.05) is 7.11 Å². The first-order valence-electron chi connectivity index (χ1n) is 5.39. The molecule has 0 bridgehead atoms. The summed E-state index contributed by atoms with van der Waals surface area (Å²) in [6, 6.07) is 4.50. The van der Waals surface area contributed by atoms with Crippen LogP contribution in [0.15, 0.2) is 24.3 Å². The van der Waals surface area contributed by atoms with Gasteiger partial charge in [0.1, 0.15) is 0 Å². The monoisotopic (exact) mass is 298 g/mol. The molecule has 0 aromatic heterocycles. The number of methoxy groups -OCH3 is 1. The Morgan fingerprint density at radius 3 is 2.10 bits per heavy atom. The Balaban J connectivity index is 2.83. The maximum atomic E-state index is 12.8. The van der Waals surface area contributed by atoms with Crippen LogP contribution in [0.5, 0.6) is 0 Å². The summed E-state index contributed by atoms with van der Waals surface area (Å²) >= 11 is 0. The molecule has 1 rings (SSSR count). The van der Waals surface area contributed by atoms with Crippen LogP contribution >= 0.6 is 0 Å². The lowest BCUT2D eigenvalue weighted by Crippen LogP contribution is -2.37. The fourth-order valence-corrected chi connectivity index (χ4v) is 1.44. The van der Waals surface area contributed by atoms with Gasteiger partial charge < -0.3 is 9.84 Å². The minimum Gasteiger partial charge on any atom is -0.465 e. The number of aliphatic hydroxyl groups is 1. The molecule has 20 heavy (non-hydrogen) atoms. The van der Waals surface area contributed by atoms with Gasteiger partial charge in [0.15, 0.2) is 0 Å². The molecule has 0 aliphatic carbocycles. The van der Waals surface area contributed by atoms with E-state index in [0.717, 1.165) is 31.4 Å². The minimum absolute atomic E-state index is 0.0889. The first-order chi connectivity index (χ1) is 9.08. The van der Waals surface area contributed by atoms with E-state index in [0.29, 0.717) is 0 Å². The van der Waals surface area contributed by atoms with Gasteiger partial charge in [-0.15, -0.1) is 0 Å². The Hall–Kier alpha value is -1.70. The summed E-state index contributed by atoms with van der Waals surface area (Å²) < 4.78 is 65.9. The number of esters is 1. The molecular formula is C12H11F5O3. The Labute approximate surface area is 111 Å². The number of benzene rings is 1. The van der Waals surface area contributed by atoms with Gasteiger partial charge >= 0.3 is 18.1 Å². The van der Waals surface area contributed by atoms with Gasteiger partial charge in [0.25, 0.3) is 0 Å². The number of halogens is 5. The van der Waals surface area contributed by atoms with Crippen molar-refractivity contribution in [1.82, 2.24) is 0 Å². The molecule has 1 unspecified atom stereocenters. The fraction of sp³-hybridized carbons (Fsp3) is 0.417. The molecule has 1 aromatic carbocycles. The number of carbonyl (C=O) groups is 1. The topological polar surface area (TPSA) is 46.5 Å². The van der Waals surface area contributed by atoms with E-state index < -0.39 is 30.6 Å². The molecule has 0 radical (unpaired) electrons. The summed E-state index contributed by atoms with van der Waals surface area (Å²) in [4.78, 5) is 11.1. The molecule has 1 N–H and O–H groups in total. The zero-order valence-corrected chi connectivity index (χ0v) is 10.2. The first kappa shape index (κ1) is 16.4.